The van der Waals surface area contributed by atoms with Crippen molar-refractivity contribution in [1.82, 2.24) is 10.6 Å². The molecule has 5 nitrogen and oxygen atoms in total. The van der Waals surface area contributed by atoms with Gasteiger partial charge < -0.3 is 15.4 Å². The second kappa shape index (κ2) is 9.18. The van der Waals surface area contributed by atoms with Gasteiger partial charge in [0.05, 0.1) is 12.6 Å². The summed E-state index contributed by atoms with van der Waals surface area (Å²) in [5, 5.41) is 5.92. The number of fused-ring (bicyclic) bond motifs is 1. The van der Waals surface area contributed by atoms with Gasteiger partial charge in [-0.2, -0.15) is 0 Å². The van der Waals surface area contributed by atoms with Gasteiger partial charge in [-0.15, -0.1) is 0 Å². The lowest BCUT2D eigenvalue weighted by Crippen LogP contribution is -2.37. The first kappa shape index (κ1) is 17.3. The van der Waals surface area contributed by atoms with Crippen molar-refractivity contribution in [2.75, 3.05) is 13.2 Å². The van der Waals surface area contributed by atoms with Gasteiger partial charge in [-0.25, -0.2) is 4.79 Å². The average Bonchev–Trinajstić information content (AvgIpc) is 2.94. The number of amides is 2. The predicted octanol–water partition coefficient (Wildman–Crippen LogP) is 3.10. The van der Waals surface area contributed by atoms with E-state index in [0.29, 0.717) is 19.6 Å². The molecular formula is C18H26N2O3. The van der Waals surface area contributed by atoms with E-state index in [0.717, 1.165) is 32.1 Å². The Morgan fingerprint density at radius 1 is 1.22 bits per heavy atom. The zero-order valence-electron chi connectivity index (χ0n) is 13.8. The van der Waals surface area contributed by atoms with Crippen LogP contribution < -0.4 is 10.6 Å². The molecule has 0 aliphatic heterocycles. The molecule has 2 rings (SSSR count). The van der Waals surface area contributed by atoms with Crippen LogP contribution in [0.4, 0.5) is 4.79 Å². The predicted molar refractivity (Wildman–Crippen MR) is 89.1 cm³/mol. The molecule has 0 heterocycles. The maximum absolute atomic E-state index is 11.9. The van der Waals surface area contributed by atoms with Gasteiger partial charge in [-0.1, -0.05) is 30.7 Å². The summed E-state index contributed by atoms with van der Waals surface area (Å²) in [6.07, 6.45) is 5.03. The van der Waals surface area contributed by atoms with Crippen LogP contribution in [0.3, 0.4) is 0 Å². The fourth-order valence-electron chi connectivity index (χ4n) is 2.92. The first-order valence-electron chi connectivity index (χ1n) is 8.48. The minimum atomic E-state index is -0.141. The molecule has 5 heteroatoms. The number of nitrogens with one attached hydrogen (secondary N) is 2. The Balaban J connectivity index is 1.57. The van der Waals surface area contributed by atoms with Crippen LogP contribution in [0.1, 0.15) is 56.2 Å². The number of unbranched alkanes of at least 4 members (excludes halogenated alkanes) is 2. The second-order valence-corrected chi connectivity index (χ2v) is 5.81. The lowest BCUT2D eigenvalue weighted by molar-refractivity contribution is -0.143. The van der Waals surface area contributed by atoms with Crippen molar-refractivity contribution in [1.29, 1.82) is 0 Å². The quantitative estimate of drug-likeness (QED) is 0.572. The molecule has 2 amide bonds. The molecule has 2 N–H and O–H groups in total. The molecule has 1 atom stereocenters. The summed E-state index contributed by atoms with van der Waals surface area (Å²) in [5.74, 6) is -0.141. The van der Waals surface area contributed by atoms with Crippen LogP contribution in [0.2, 0.25) is 0 Å². The van der Waals surface area contributed by atoms with Crippen LogP contribution in [0.15, 0.2) is 24.3 Å². The highest BCUT2D eigenvalue weighted by molar-refractivity contribution is 5.74. The monoisotopic (exact) mass is 318 g/mol. The minimum Gasteiger partial charge on any atom is -0.466 e. The fraction of sp³-hybridized carbons (Fsp3) is 0.556. The number of carbonyl (C=O) groups is 2. The maximum atomic E-state index is 11.9. The van der Waals surface area contributed by atoms with Crippen LogP contribution in [0, 0.1) is 0 Å². The van der Waals surface area contributed by atoms with E-state index in [1.54, 1.807) is 0 Å². The lowest BCUT2D eigenvalue weighted by atomic mass is 10.1. The van der Waals surface area contributed by atoms with E-state index >= 15 is 0 Å². The number of urea groups is 1. The summed E-state index contributed by atoms with van der Waals surface area (Å²) in [7, 11) is 0. The van der Waals surface area contributed by atoms with Gasteiger partial charge in [0.2, 0.25) is 0 Å². The average molecular weight is 318 g/mol. The second-order valence-electron chi connectivity index (χ2n) is 5.81. The zero-order valence-corrected chi connectivity index (χ0v) is 13.8. The number of hydrogen-bond acceptors (Lipinski definition) is 3. The number of benzene rings is 1. The van der Waals surface area contributed by atoms with E-state index in [4.69, 9.17) is 4.74 Å². The van der Waals surface area contributed by atoms with E-state index in [1.807, 2.05) is 19.1 Å². The van der Waals surface area contributed by atoms with Gasteiger partial charge in [0, 0.05) is 13.0 Å². The third-order valence-electron chi connectivity index (χ3n) is 4.09. The molecule has 0 spiro atoms. The van der Waals surface area contributed by atoms with Gasteiger partial charge in [-0.3, -0.25) is 4.79 Å². The highest BCUT2D eigenvalue weighted by Gasteiger charge is 2.22. The normalized spacial score (nSPS) is 15.8. The van der Waals surface area contributed by atoms with E-state index in [1.165, 1.54) is 11.1 Å². The Hall–Kier alpha value is -2.04. The number of hydrogen-bond donors (Lipinski definition) is 2. The molecular weight excluding hydrogens is 292 g/mol. The molecule has 23 heavy (non-hydrogen) atoms. The van der Waals surface area contributed by atoms with Gasteiger partial charge in [-0.05, 0) is 43.7 Å². The van der Waals surface area contributed by atoms with Crippen LogP contribution in [0.25, 0.3) is 0 Å². The van der Waals surface area contributed by atoms with Gasteiger partial charge in [0.1, 0.15) is 0 Å². The number of rotatable bonds is 8. The van der Waals surface area contributed by atoms with E-state index < -0.39 is 0 Å². The molecule has 1 aromatic carbocycles. The fourth-order valence-corrected chi connectivity index (χ4v) is 2.92. The van der Waals surface area contributed by atoms with E-state index in [2.05, 4.69) is 22.8 Å². The largest absolute Gasteiger partial charge is 0.466 e. The molecule has 0 saturated carbocycles. The van der Waals surface area contributed by atoms with Crippen LogP contribution in [-0.2, 0) is 16.0 Å². The molecule has 0 saturated heterocycles. The Bertz CT molecular complexity index is 531. The third kappa shape index (κ3) is 5.58. The van der Waals surface area contributed by atoms with Crippen molar-refractivity contribution < 1.29 is 14.3 Å². The highest BCUT2D eigenvalue weighted by Crippen LogP contribution is 2.30. The minimum absolute atomic E-state index is 0.114. The number of esters is 1. The SMILES string of the molecule is CCOC(=O)CCCCCNC(=O)NC1CCc2ccccc21. The van der Waals surface area contributed by atoms with Crippen LogP contribution >= 0.6 is 0 Å². The van der Waals surface area contributed by atoms with Crippen molar-refractivity contribution in [3.63, 3.8) is 0 Å². The summed E-state index contributed by atoms with van der Waals surface area (Å²) < 4.78 is 4.87. The molecule has 0 aromatic heterocycles. The summed E-state index contributed by atoms with van der Waals surface area (Å²) in [6, 6.07) is 8.27. The molecule has 126 valence electrons. The Kier molecular flexibility index (Phi) is 6.91. The smallest absolute Gasteiger partial charge is 0.315 e. The molecule has 1 aliphatic carbocycles. The molecule has 0 bridgehead atoms. The third-order valence-corrected chi connectivity index (χ3v) is 4.09. The zero-order chi connectivity index (χ0) is 16.5. The molecule has 1 aromatic rings. The van der Waals surface area contributed by atoms with Crippen molar-refractivity contribution in [2.24, 2.45) is 0 Å². The molecule has 1 unspecified atom stereocenters. The van der Waals surface area contributed by atoms with Gasteiger partial charge >= 0.3 is 12.0 Å². The first-order chi connectivity index (χ1) is 11.2. The van der Waals surface area contributed by atoms with Gasteiger partial charge in [0.25, 0.3) is 0 Å². The summed E-state index contributed by atoms with van der Waals surface area (Å²) in [6.45, 7) is 2.87. The van der Waals surface area contributed by atoms with Crippen molar-refractivity contribution >= 4 is 12.0 Å². The van der Waals surface area contributed by atoms with Crippen molar-refractivity contribution in [3.05, 3.63) is 35.4 Å². The number of ether oxygens (including phenoxy) is 1. The molecule has 1 aliphatic rings. The lowest BCUT2D eigenvalue weighted by Gasteiger charge is -2.14. The molecule has 0 fully saturated rings. The van der Waals surface area contributed by atoms with Gasteiger partial charge in [0.15, 0.2) is 0 Å². The summed E-state index contributed by atoms with van der Waals surface area (Å²) >= 11 is 0. The van der Waals surface area contributed by atoms with E-state index in [9.17, 15) is 9.59 Å². The first-order valence-corrected chi connectivity index (χ1v) is 8.48. The number of carbonyl (C=O) groups excluding carboxylic acids is 2. The maximum Gasteiger partial charge on any atom is 0.315 e. The Labute approximate surface area is 137 Å². The summed E-state index contributed by atoms with van der Waals surface area (Å²) in [4.78, 5) is 23.1. The van der Waals surface area contributed by atoms with Crippen molar-refractivity contribution in [3.8, 4) is 0 Å². The standard InChI is InChI=1S/C18H26N2O3/c1-2-23-17(21)10-4-3-7-13-19-18(22)20-16-12-11-14-8-5-6-9-15(14)16/h5-6,8-9,16H,2-4,7,10-13H2,1H3,(H2,19,20,22). The van der Waals surface area contributed by atoms with E-state index in [-0.39, 0.29) is 18.0 Å². The summed E-state index contributed by atoms with van der Waals surface area (Å²) in [5.41, 5.74) is 2.56. The topological polar surface area (TPSA) is 67.4 Å². The highest BCUT2D eigenvalue weighted by atomic mass is 16.5. The Morgan fingerprint density at radius 2 is 2.04 bits per heavy atom. The van der Waals surface area contributed by atoms with Crippen LogP contribution in [0.5, 0.6) is 0 Å². The number of aryl methyl sites for hydroxylation is 1. The van der Waals surface area contributed by atoms with Crippen molar-refractivity contribution in [2.45, 2.75) is 51.5 Å². The Morgan fingerprint density at radius 3 is 2.87 bits per heavy atom. The van der Waals surface area contributed by atoms with Crippen LogP contribution in [-0.4, -0.2) is 25.2 Å². The molecule has 0 radical (unpaired) electrons.